The van der Waals surface area contributed by atoms with Crippen LogP contribution in [0.4, 0.5) is 20.3 Å². The lowest BCUT2D eigenvalue weighted by Crippen LogP contribution is -2.36. The van der Waals surface area contributed by atoms with Crippen LogP contribution < -0.4 is 5.32 Å². The molecule has 5 aromatic rings. The van der Waals surface area contributed by atoms with E-state index in [1.807, 2.05) is 56.3 Å². The molecule has 4 heterocycles. The van der Waals surface area contributed by atoms with Crippen molar-refractivity contribution >= 4 is 40.1 Å². The molecule has 14 heteroatoms. The molecule has 1 saturated carbocycles. The highest BCUT2D eigenvalue weighted by atomic mass is 35.5. The van der Waals surface area contributed by atoms with E-state index in [4.69, 9.17) is 31.0 Å². The number of pyridine rings is 1. The van der Waals surface area contributed by atoms with Gasteiger partial charge in [0.15, 0.2) is 11.6 Å². The Morgan fingerprint density at radius 1 is 0.982 bits per heavy atom. The van der Waals surface area contributed by atoms with Crippen LogP contribution in [0.5, 0.6) is 0 Å². The number of anilines is 2. The zero-order valence-corrected chi connectivity index (χ0v) is 33.1. The summed E-state index contributed by atoms with van der Waals surface area (Å²) in [6.07, 6.45) is 5.29. The number of nitrogens with zero attached hydrogens (tertiary/aromatic N) is 7. The van der Waals surface area contributed by atoms with E-state index >= 15 is 0 Å². The number of carbonyl (C=O) groups is 1. The van der Waals surface area contributed by atoms with Crippen molar-refractivity contribution in [2.75, 3.05) is 39.7 Å². The fraction of sp³-hybridized carbons (Fsp3) is 0.429. The Morgan fingerprint density at radius 3 is 2.45 bits per heavy atom. The number of methoxy groups -OCH3 is 2. The van der Waals surface area contributed by atoms with Gasteiger partial charge in [-0.05, 0) is 81.8 Å². The molecule has 0 unspecified atom stereocenters. The molecule has 1 aliphatic carbocycles. The number of esters is 1. The van der Waals surface area contributed by atoms with Gasteiger partial charge in [-0.25, -0.2) is 23.7 Å². The molecule has 1 atom stereocenters. The predicted molar refractivity (Wildman–Crippen MR) is 213 cm³/mol. The van der Waals surface area contributed by atoms with Crippen LogP contribution in [0.15, 0.2) is 54.9 Å². The van der Waals surface area contributed by atoms with Crippen LogP contribution in [0.1, 0.15) is 66.9 Å². The normalized spacial score (nSPS) is 18.9. The molecule has 7 rings (SSSR count). The van der Waals surface area contributed by atoms with Crippen molar-refractivity contribution in [1.82, 2.24) is 34.7 Å². The Hall–Kier alpha value is -4.69. The van der Waals surface area contributed by atoms with Gasteiger partial charge in [0.25, 0.3) is 6.43 Å². The minimum absolute atomic E-state index is 0.0186. The average molecular weight is 785 g/mol. The van der Waals surface area contributed by atoms with Gasteiger partial charge in [0.1, 0.15) is 5.52 Å². The molecule has 56 heavy (non-hydrogen) atoms. The van der Waals surface area contributed by atoms with Gasteiger partial charge in [-0.15, -0.1) is 0 Å². The maximum Gasteiger partial charge on any atom is 0.308 e. The Kier molecular flexibility index (Phi) is 12.2. The maximum absolute atomic E-state index is 14.1. The number of alkyl halides is 2. The van der Waals surface area contributed by atoms with Gasteiger partial charge in [-0.3, -0.25) is 24.6 Å². The molecule has 1 aliphatic heterocycles. The number of carbonyl (C=O) groups excluding carboxylic acids is 1. The van der Waals surface area contributed by atoms with Crippen LogP contribution in [-0.4, -0.2) is 87.2 Å². The van der Waals surface area contributed by atoms with E-state index in [0.29, 0.717) is 46.6 Å². The molecule has 0 amide bonds. The van der Waals surface area contributed by atoms with Crippen molar-refractivity contribution in [3.63, 3.8) is 0 Å². The minimum atomic E-state index is -2.86. The topological polar surface area (TPSA) is 118 Å². The molecule has 294 valence electrons. The van der Waals surface area contributed by atoms with Crippen molar-refractivity contribution in [1.29, 1.82) is 0 Å². The van der Waals surface area contributed by atoms with Gasteiger partial charge >= 0.3 is 5.97 Å². The van der Waals surface area contributed by atoms with Crippen LogP contribution in [0.25, 0.3) is 33.4 Å². The lowest BCUT2D eigenvalue weighted by molar-refractivity contribution is -0.146. The zero-order chi connectivity index (χ0) is 39.5. The first-order valence-corrected chi connectivity index (χ1v) is 19.4. The Bertz CT molecular complexity index is 2220. The van der Waals surface area contributed by atoms with Crippen LogP contribution in [0.2, 0.25) is 5.02 Å². The number of fused-ring (bicyclic) bond motifs is 1. The number of halogens is 3. The van der Waals surface area contributed by atoms with E-state index in [0.717, 1.165) is 84.4 Å². The number of rotatable bonds is 12. The molecule has 1 saturated heterocycles. The molecule has 3 aromatic heterocycles. The summed E-state index contributed by atoms with van der Waals surface area (Å²) in [6, 6.07) is 13.7. The van der Waals surface area contributed by atoms with E-state index in [9.17, 15) is 13.6 Å². The third kappa shape index (κ3) is 8.51. The molecular weight excluding hydrogens is 738 g/mol. The van der Waals surface area contributed by atoms with Crippen molar-refractivity contribution < 1.29 is 23.0 Å². The number of benzene rings is 2. The molecule has 0 bridgehead atoms. The fourth-order valence-electron chi connectivity index (χ4n) is 7.95. The first-order chi connectivity index (χ1) is 27.0. The number of aryl methyl sites for hydroxylation is 1. The summed E-state index contributed by atoms with van der Waals surface area (Å²) in [7, 11) is 5.26. The highest BCUT2D eigenvalue weighted by Crippen LogP contribution is 2.40. The lowest BCUT2D eigenvalue weighted by atomic mass is 9.85. The van der Waals surface area contributed by atoms with E-state index in [-0.39, 0.29) is 23.8 Å². The number of nitrogens with one attached hydrogen (secondary N) is 1. The molecule has 0 spiro atoms. The Labute approximate surface area is 330 Å². The summed E-state index contributed by atoms with van der Waals surface area (Å²) in [5.41, 5.74) is 7.89. The quantitative estimate of drug-likeness (QED) is 0.123. The lowest BCUT2D eigenvalue weighted by Gasteiger charge is -2.33. The second-order valence-corrected chi connectivity index (χ2v) is 15.2. The van der Waals surface area contributed by atoms with E-state index in [1.165, 1.54) is 7.11 Å². The van der Waals surface area contributed by atoms with Crippen LogP contribution in [0, 0.1) is 19.8 Å². The molecule has 2 aromatic carbocycles. The average Bonchev–Trinajstić information content (AvgIpc) is 3.66. The minimum Gasteiger partial charge on any atom is -0.469 e. The summed E-state index contributed by atoms with van der Waals surface area (Å²) in [5.74, 6) is -0.507. The predicted octanol–water partition coefficient (Wildman–Crippen LogP) is 8.48. The van der Waals surface area contributed by atoms with Gasteiger partial charge in [0.05, 0.1) is 52.9 Å². The highest BCUT2D eigenvalue weighted by molar-refractivity contribution is 6.36. The van der Waals surface area contributed by atoms with Crippen molar-refractivity contribution in [3.05, 3.63) is 88.2 Å². The molecule has 0 radical (unpaired) electrons. The standard InChI is InChI=1S/C42H47ClF2N8O3/c1-24-30(8-7-11-33(24)49-40-38-34(50-41(51-40)39(44)45)18-26(19-47-38)21-53-17-16-29(22-53)55-4)31-9-6-10-32(37(31)43)35-20-46-36(25(2)48-35)23-52(3)28-14-12-27(13-15-28)42(54)56-5/h6-11,18-20,27-29,39H,12-17,21-23H2,1-5H3,(H,49,50,51)/t27?,28?,29-/m1/s1. The highest BCUT2D eigenvalue weighted by Gasteiger charge is 2.29. The Morgan fingerprint density at radius 2 is 1.73 bits per heavy atom. The number of likely N-dealkylation sites (tertiary alicyclic amines) is 1. The molecule has 1 N–H and O–H groups in total. The maximum atomic E-state index is 14.1. The van der Waals surface area contributed by atoms with Gasteiger partial charge in [0.2, 0.25) is 0 Å². The van der Waals surface area contributed by atoms with Crippen molar-refractivity contribution in [2.24, 2.45) is 5.92 Å². The van der Waals surface area contributed by atoms with Gasteiger partial charge < -0.3 is 14.8 Å². The number of ether oxygens (including phenoxy) is 2. The summed E-state index contributed by atoms with van der Waals surface area (Å²) in [6.45, 7) is 6.86. The van der Waals surface area contributed by atoms with Gasteiger partial charge in [-0.2, -0.15) is 0 Å². The fourth-order valence-corrected chi connectivity index (χ4v) is 8.27. The largest absolute Gasteiger partial charge is 0.469 e. The van der Waals surface area contributed by atoms with E-state index in [1.54, 1.807) is 19.5 Å². The molecular formula is C42H47ClF2N8O3. The summed E-state index contributed by atoms with van der Waals surface area (Å²) in [5, 5.41) is 3.81. The zero-order valence-electron chi connectivity index (χ0n) is 32.4. The number of hydrogen-bond donors (Lipinski definition) is 1. The summed E-state index contributed by atoms with van der Waals surface area (Å²) in [4.78, 5) is 39.3. The van der Waals surface area contributed by atoms with Gasteiger partial charge in [0, 0.05) is 62.3 Å². The molecule has 2 fully saturated rings. The SMILES string of the molecule is COC(=O)C1CCC(N(C)Cc2ncc(-c3cccc(-c4cccc(Nc5nc(C(F)F)nc6cc(CN7CC[C@@H](OC)C7)cnc56)c4C)c3Cl)nc2C)CC1. The summed E-state index contributed by atoms with van der Waals surface area (Å²) >= 11 is 7.16. The van der Waals surface area contributed by atoms with Gasteiger partial charge in [-0.1, -0.05) is 41.9 Å². The summed E-state index contributed by atoms with van der Waals surface area (Å²) < 4.78 is 38.6. The second kappa shape index (κ2) is 17.2. The number of aromatic nitrogens is 5. The number of hydrogen-bond acceptors (Lipinski definition) is 11. The van der Waals surface area contributed by atoms with Crippen molar-refractivity contribution in [3.8, 4) is 22.4 Å². The van der Waals surface area contributed by atoms with E-state index in [2.05, 4.69) is 37.1 Å². The van der Waals surface area contributed by atoms with Crippen molar-refractivity contribution in [2.45, 2.75) is 77.6 Å². The molecule has 2 aliphatic rings. The van der Waals surface area contributed by atoms with E-state index < -0.39 is 12.2 Å². The third-order valence-electron chi connectivity index (χ3n) is 11.2. The third-order valence-corrected chi connectivity index (χ3v) is 11.6. The first kappa shape index (κ1) is 39.5. The van der Waals surface area contributed by atoms with Crippen LogP contribution >= 0.6 is 11.6 Å². The Balaban J connectivity index is 1.11. The monoisotopic (exact) mass is 784 g/mol. The second-order valence-electron chi connectivity index (χ2n) is 14.8. The molecule has 11 nitrogen and oxygen atoms in total. The smallest absolute Gasteiger partial charge is 0.308 e. The first-order valence-electron chi connectivity index (χ1n) is 19.0. The van der Waals surface area contributed by atoms with Crippen LogP contribution in [-0.2, 0) is 27.4 Å². The van der Waals surface area contributed by atoms with Crippen LogP contribution in [0.3, 0.4) is 0 Å².